The van der Waals surface area contributed by atoms with Crippen LogP contribution in [0.3, 0.4) is 0 Å². The number of hydrogen-bond acceptors (Lipinski definition) is 2. The molecule has 4 heteroatoms. The van der Waals surface area contributed by atoms with Crippen LogP contribution in [0, 0.1) is 0 Å². The van der Waals surface area contributed by atoms with Crippen LogP contribution in [0.2, 0.25) is 0 Å². The van der Waals surface area contributed by atoms with E-state index in [4.69, 9.17) is 5.11 Å². The maximum absolute atomic E-state index is 11.1. The highest BCUT2D eigenvalue weighted by atomic mass is 16.4. The van der Waals surface area contributed by atoms with E-state index in [0.717, 1.165) is 16.5 Å². The molecule has 0 saturated carbocycles. The fourth-order valence-corrected chi connectivity index (χ4v) is 1.97. The second kappa shape index (κ2) is 3.63. The first-order valence-electron chi connectivity index (χ1n) is 5.21. The van der Waals surface area contributed by atoms with E-state index < -0.39 is 5.97 Å². The number of rotatable bonds is 2. The van der Waals surface area contributed by atoms with Gasteiger partial charge < -0.3 is 5.11 Å². The minimum Gasteiger partial charge on any atom is -0.476 e. The van der Waals surface area contributed by atoms with Gasteiger partial charge in [-0.15, -0.1) is 0 Å². The van der Waals surface area contributed by atoms with Gasteiger partial charge in [0, 0.05) is 12.4 Å². The average Bonchev–Trinajstić information content (AvgIpc) is 2.56. The van der Waals surface area contributed by atoms with Crippen LogP contribution in [0.25, 0.3) is 10.9 Å². The van der Waals surface area contributed by atoms with Gasteiger partial charge in [-0.2, -0.15) is 5.10 Å². The van der Waals surface area contributed by atoms with Gasteiger partial charge in [0.25, 0.3) is 0 Å². The number of aromatic carboxylic acids is 1. The van der Waals surface area contributed by atoms with Crippen molar-refractivity contribution in [1.82, 2.24) is 9.78 Å². The van der Waals surface area contributed by atoms with Crippen LogP contribution in [0.1, 0.15) is 35.8 Å². The largest absolute Gasteiger partial charge is 0.476 e. The van der Waals surface area contributed by atoms with Crippen molar-refractivity contribution in [2.24, 2.45) is 7.05 Å². The van der Waals surface area contributed by atoms with Crippen molar-refractivity contribution in [2.75, 3.05) is 0 Å². The summed E-state index contributed by atoms with van der Waals surface area (Å²) in [5.74, 6) is -0.690. The van der Waals surface area contributed by atoms with Crippen LogP contribution in [0.15, 0.2) is 18.2 Å². The lowest BCUT2D eigenvalue weighted by Crippen LogP contribution is -2.00. The molecule has 0 bridgehead atoms. The van der Waals surface area contributed by atoms with Gasteiger partial charge in [0.1, 0.15) is 0 Å². The highest BCUT2D eigenvalue weighted by Crippen LogP contribution is 2.27. The third kappa shape index (κ3) is 1.46. The Hall–Kier alpha value is -1.84. The molecule has 0 aliphatic rings. The van der Waals surface area contributed by atoms with E-state index in [1.54, 1.807) is 11.7 Å². The van der Waals surface area contributed by atoms with Crippen LogP contribution in [0.5, 0.6) is 0 Å². The number of carboxylic acids is 1. The number of fused-ring (bicyclic) bond motifs is 1. The normalized spacial score (nSPS) is 11.2. The molecule has 0 fully saturated rings. The summed E-state index contributed by atoms with van der Waals surface area (Å²) in [6.07, 6.45) is 0. The quantitative estimate of drug-likeness (QED) is 0.842. The molecule has 0 amide bonds. The van der Waals surface area contributed by atoms with Crippen molar-refractivity contribution < 1.29 is 9.90 Å². The van der Waals surface area contributed by atoms with Gasteiger partial charge in [-0.3, -0.25) is 4.68 Å². The lowest BCUT2D eigenvalue weighted by Gasteiger charge is -2.07. The maximum atomic E-state index is 11.1. The van der Waals surface area contributed by atoms with Crippen molar-refractivity contribution in [3.8, 4) is 0 Å². The van der Waals surface area contributed by atoms with Gasteiger partial charge in [0.05, 0.1) is 5.52 Å². The van der Waals surface area contributed by atoms with Crippen molar-refractivity contribution in [2.45, 2.75) is 19.8 Å². The number of aryl methyl sites for hydroxylation is 1. The summed E-state index contributed by atoms with van der Waals surface area (Å²) in [4.78, 5) is 11.1. The van der Waals surface area contributed by atoms with Crippen molar-refractivity contribution in [1.29, 1.82) is 0 Å². The summed E-state index contributed by atoms with van der Waals surface area (Å²) >= 11 is 0. The zero-order valence-corrected chi connectivity index (χ0v) is 9.56. The molecule has 0 aliphatic heterocycles. The molecule has 0 saturated heterocycles. The third-order valence-corrected chi connectivity index (χ3v) is 2.73. The fraction of sp³-hybridized carbons (Fsp3) is 0.333. The topological polar surface area (TPSA) is 55.1 Å². The van der Waals surface area contributed by atoms with Crippen LogP contribution in [0.4, 0.5) is 0 Å². The highest BCUT2D eigenvalue weighted by Gasteiger charge is 2.18. The van der Waals surface area contributed by atoms with Crippen molar-refractivity contribution in [3.63, 3.8) is 0 Å². The SMILES string of the molecule is CC(C)c1cccc2c1c(C(=O)O)nn2C. The number of hydrogen-bond donors (Lipinski definition) is 1. The zero-order chi connectivity index (χ0) is 11.9. The Kier molecular flexibility index (Phi) is 2.42. The Balaban J connectivity index is 2.88. The number of nitrogens with zero attached hydrogens (tertiary/aromatic N) is 2. The molecule has 16 heavy (non-hydrogen) atoms. The molecular weight excluding hydrogens is 204 g/mol. The molecule has 1 N–H and O–H groups in total. The summed E-state index contributed by atoms with van der Waals surface area (Å²) < 4.78 is 1.62. The molecule has 1 aromatic carbocycles. The molecule has 0 radical (unpaired) electrons. The molecule has 0 spiro atoms. The predicted octanol–water partition coefficient (Wildman–Crippen LogP) is 2.39. The van der Waals surface area contributed by atoms with Crippen molar-refractivity contribution >= 4 is 16.9 Å². The summed E-state index contributed by atoms with van der Waals surface area (Å²) in [7, 11) is 1.76. The Morgan fingerprint density at radius 1 is 1.44 bits per heavy atom. The van der Waals surface area contributed by atoms with E-state index in [1.165, 1.54) is 0 Å². The molecule has 1 heterocycles. The molecule has 0 aliphatic carbocycles. The third-order valence-electron chi connectivity index (χ3n) is 2.73. The number of carboxylic acid groups (broad SMARTS) is 1. The van der Waals surface area contributed by atoms with Gasteiger partial charge in [-0.05, 0) is 17.5 Å². The van der Waals surface area contributed by atoms with E-state index in [1.807, 2.05) is 32.0 Å². The van der Waals surface area contributed by atoms with E-state index >= 15 is 0 Å². The molecule has 0 atom stereocenters. The first kappa shape index (κ1) is 10.7. The molecule has 84 valence electrons. The Morgan fingerprint density at radius 2 is 2.12 bits per heavy atom. The second-order valence-electron chi connectivity index (χ2n) is 4.17. The molecule has 2 rings (SSSR count). The maximum Gasteiger partial charge on any atom is 0.357 e. The van der Waals surface area contributed by atoms with E-state index in [2.05, 4.69) is 5.10 Å². The summed E-state index contributed by atoms with van der Waals surface area (Å²) in [5.41, 5.74) is 2.04. The van der Waals surface area contributed by atoms with Crippen LogP contribution < -0.4 is 0 Å². The zero-order valence-electron chi connectivity index (χ0n) is 9.56. The minimum atomic E-state index is -0.973. The number of carbonyl (C=O) groups is 1. The van der Waals surface area contributed by atoms with Gasteiger partial charge in [-0.25, -0.2) is 4.79 Å². The lowest BCUT2D eigenvalue weighted by atomic mass is 9.98. The summed E-state index contributed by atoms with van der Waals surface area (Å²) in [5, 5.41) is 13.9. The minimum absolute atomic E-state index is 0.141. The number of aromatic nitrogens is 2. The van der Waals surface area contributed by atoms with Gasteiger partial charge in [0.15, 0.2) is 5.69 Å². The van der Waals surface area contributed by atoms with E-state index in [9.17, 15) is 4.79 Å². The standard InChI is InChI=1S/C12H14N2O2/c1-7(2)8-5-4-6-9-10(8)11(12(15)16)13-14(9)3/h4-7H,1-3H3,(H,15,16). The molecule has 0 unspecified atom stereocenters. The Morgan fingerprint density at radius 3 is 2.69 bits per heavy atom. The van der Waals surface area contributed by atoms with Crippen LogP contribution in [-0.4, -0.2) is 20.9 Å². The highest BCUT2D eigenvalue weighted by molar-refractivity contribution is 6.02. The molecule has 2 aromatic rings. The fourth-order valence-electron chi connectivity index (χ4n) is 1.97. The van der Waals surface area contributed by atoms with Crippen LogP contribution >= 0.6 is 0 Å². The van der Waals surface area contributed by atoms with Gasteiger partial charge in [0.2, 0.25) is 0 Å². The van der Waals surface area contributed by atoms with Gasteiger partial charge >= 0.3 is 5.97 Å². The smallest absolute Gasteiger partial charge is 0.357 e. The van der Waals surface area contributed by atoms with Crippen molar-refractivity contribution in [3.05, 3.63) is 29.5 Å². The predicted molar refractivity (Wildman–Crippen MR) is 61.8 cm³/mol. The summed E-state index contributed by atoms with van der Waals surface area (Å²) in [6.45, 7) is 4.10. The summed E-state index contributed by atoms with van der Waals surface area (Å²) in [6, 6.07) is 5.78. The molecule has 4 nitrogen and oxygen atoms in total. The van der Waals surface area contributed by atoms with E-state index in [-0.39, 0.29) is 11.6 Å². The molecule has 1 aromatic heterocycles. The second-order valence-corrected chi connectivity index (χ2v) is 4.17. The van der Waals surface area contributed by atoms with E-state index in [0.29, 0.717) is 0 Å². The monoisotopic (exact) mass is 218 g/mol. The Bertz CT molecular complexity index is 555. The Labute approximate surface area is 93.5 Å². The number of benzene rings is 1. The molecular formula is C12H14N2O2. The van der Waals surface area contributed by atoms with Gasteiger partial charge in [-0.1, -0.05) is 26.0 Å². The first-order chi connectivity index (χ1) is 7.52. The lowest BCUT2D eigenvalue weighted by molar-refractivity contribution is 0.0691. The van der Waals surface area contributed by atoms with Crippen LogP contribution in [-0.2, 0) is 7.05 Å². The first-order valence-corrected chi connectivity index (χ1v) is 5.21. The average molecular weight is 218 g/mol.